The summed E-state index contributed by atoms with van der Waals surface area (Å²) >= 11 is 3.24. The Labute approximate surface area is 157 Å². The summed E-state index contributed by atoms with van der Waals surface area (Å²) in [6.07, 6.45) is 4.37. The minimum atomic E-state index is -1.03. The number of hydrogen-bond acceptors (Lipinski definition) is 5. The molecule has 0 spiro atoms. The average Bonchev–Trinajstić information content (AvgIpc) is 3.25. The van der Waals surface area contributed by atoms with E-state index in [0.717, 1.165) is 25.7 Å². The van der Waals surface area contributed by atoms with Crippen LogP contribution in [0, 0.1) is 10.1 Å². The SMILES string of the molecule is O=[N+]([O-])c1ccc2c(C(O)c3ccc(Br)o3)nn(C3CCCCC3)c2c1. The topological polar surface area (TPSA) is 94.3 Å². The molecule has 1 aromatic carbocycles. The Hall–Kier alpha value is -2.19. The minimum Gasteiger partial charge on any atom is -0.451 e. The lowest BCUT2D eigenvalue weighted by atomic mass is 9.95. The van der Waals surface area contributed by atoms with Crippen molar-refractivity contribution in [2.75, 3.05) is 0 Å². The van der Waals surface area contributed by atoms with E-state index in [1.807, 2.05) is 4.68 Å². The molecule has 1 atom stereocenters. The smallest absolute Gasteiger partial charge is 0.271 e. The largest absolute Gasteiger partial charge is 0.451 e. The molecule has 0 amide bonds. The number of nitrogens with zero attached hydrogens (tertiary/aromatic N) is 3. The van der Waals surface area contributed by atoms with Gasteiger partial charge in [-0.1, -0.05) is 19.3 Å². The van der Waals surface area contributed by atoms with Gasteiger partial charge in [-0.15, -0.1) is 0 Å². The maximum Gasteiger partial charge on any atom is 0.271 e. The summed E-state index contributed by atoms with van der Waals surface area (Å²) in [5.74, 6) is 0.380. The van der Waals surface area contributed by atoms with Gasteiger partial charge >= 0.3 is 0 Å². The summed E-state index contributed by atoms with van der Waals surface area (Å²) < 4.78 is 7.86. The molecule has 2 aromatic heterocycles. The van der Waals surface area contributed by atoms with Crippen LogP contribution in [-0.4, -0.2) is 19.8 Å². The first-order chi connectivity index (χ1) is 12.5. The van der Waals surface area contributed by atoms with Crippen molar-refractivity contribution in [1.82, 2.24) is 9.78 Å². The highest BCUT2D eigenvalue weighted by atomic mass is 79.9. The molecule has 2 heterocycles. The van der Waals surface area contributed by atoms with Crippen LogP contribution in [0.3, 0.4) is 0 Å². The molecule has 1 aliphatic rings. The van der Waals surface area contributed by atoms with E-state index in [2.05, 4.69) is 21.0 Å². The van der Waals surface area contributed by atoms with Gasteiger partial charge in [0.25, 0.3) is 5.69 Å². The number of aliphatic hydroxyl groups excluding tert-OH is 1. The molecule has 1 aliphatic carbocycles. The first kappa shape index (κ1) is 17.2. The van der Waals surface area contributed by atoms with Crippen molar-refractivity contribution in [3.63, 3.8) is 0 Å². The minimum absolute atomic E-state index is 0.0243. The fourth-order valence-electron chi connectivity index (χ4n) is 3.68. The van der Waals surface area contributed by atoms with Crippen molar-refractivity contribution in [2.45, 2.75) is 44.2 Å². The maximum absolute atomic E-state index is 11.2. The number of furan rings is 1. The number of aliphatic hydroxyl groups is 1. The molecule has 8 heteroatoms. The van der Waals surface area contributed by atoms with Crippen molar-refractivity contribution in [2.24, 2.45) is 0 Å². The van der Waals surface area contributed by atoms with Gasteiger partial charge in [0, 0.05) is 17.5 Å². The predicted octanol–water partition coefficient (Wildman–Crippen LogP) is 4.89. The summed E-state index contributed by atoms with van der Waals surface area (Å²) in [5, 5.41) is 27.3. The number of nitro benzene ring substituents is 1. The van der Waals surface area contributed by atoms with E-state index in [9.17, 15) is 15.2 Å². The number of non-ortho nitro benzene ring substituents is 1. The molecule has 1 unspecified atom stereocenters. The van der Waals surface area contributed by atoms with E-state index in [1.54, 1.807) is 24.3 Å². The normalized spacial score (nSPS) is 16.8. The van der Waals surface area contributed by atoms with E-state index in [1.165, 1.54) is 12.5 Å². The second kappa shape index (κ2) is 6.85. The lowest BCUT2D eigenvalue weighted by Crippen LogP contribution is -2.14. The third kappa shape index (κ3) is 3.03. The Morgan fingerprint density at radius 2 is 2.04 bits per heavy atom. The van der Waals surface area contributed by atoms with Gasteiger partial charge in [0.15, 0.2) is 10.8 Å². The number of rotatable bonds is 4. The molecule has 26 heavy (non-hydrogen) atoms. The molecule has 1 N–H and O–H groups in total. The lowest BCUT2D eigenvalue weighted by Gasteiger charge is -2.22. The van der Waals surface area contributed by atoms with Gasteiger partial charge < -0.3 is 9.52 Å². The third-order valence-electron chi connectivity index (χ3n) is 4.97. The Kier molecular flexibility index (Phi) is 4.54. The number of hydrogen-bond donors (Lipinski definition) is 1. The Morgan fingerprint density at radius 3 is 2.69 bits per heavy atom. The summed E-state index contributed by atoms with van der Waals surface area (Å²) in [6, 6.07) is 8.25. The van der Waals surface area contributed by atoms with Gasteiger partial charge in [0.2, 0.25) is 0 Å². The van der Waals surface area contributed by atoms with Crippen LogP contribution in [0.5, 0.6) is 0 Å². The molecular formula is C18H18BrN3O4. The fourth-order valence-corrected chi connectivity index (χ4v) is 4.00. The fraction of sp³-hybridized carbons (Fsp3) is 0.389. The van der Waals surface area contributed by atoms with Gasteiger partial charge in [0.05, 0.1) is 16.5 Å². The van der Waals surface area contributed by atoms with Gasteiger partial charge in [0.1, 0.15) is 11.5 Å². The van der Waals surface area contributed by atoms with Gasteiger partial charge in [-0.25, -0.2) is 0 Å². The van der Waals surface area contributed by atoms with Crippen LogP contribution in [0.4, 0.5) is 5.69 Å². The zero-order chi connectivity index (χ0) is 18.3. The van der Waals surface area contributed by atoms with Crippen LogP contribution in [0.2, 0.25) is 0 Å². The molecule has 7 nitrogen and oxygen atoms in total. The average molecular weight is 420 g/mol. The quantitative estimate of drug-likeness (QED) is 0.479. The molecule has 0 saturated heterocycles. The number of fused-ring (bicyclic) bond motifs is 1. The van der Waals surface area contributed by atoms with Crippen LogP contribution in [0.15, 0.2) is 39.4 Å². The van der Waals surface area contributed by atoms with E-state index in [0.29, 0.717) is 27.0 Å². The van der Waals surface area contributed by atoms with E-state index >= 15 is 0 Å². The van der Waals surface area contributed by atoms with Gasteiger partial charge in [-0.3, -0.25) is 14.8 Å². The lowest BCUT2D eigenvalue weighted by molar-refractivity contribution is -0.384. The summed E-state index contributed by atoms with van der Waals surface area (Å²) in [7, 11) is 0. The number of benzene rings is 1. The molecule has 1 saturated carbocycles. The van der Waals surface area contributed by atoms with Crippen LogP contribution in [0.1, 0.15) is 55.7 Å². The van der Waals surface area contributed by atoms with Crippen molar-refractivity contribution in [3.05, 3.63) is 56.6 Å². The van der Waals surface area contributed by atoms with Crippen LogP contribution < -0.4 is 0 Å². The molecular weight excluding hydrogens is 402 g/mol. The second-order valence-electron chi connectivity index (χ2n) is 6.62. The summed E-state index contributed by atoms with van der Waals surface area (Å²) in [4.78, 5) is 10.8. The highest BCUT2D eigenvalue weighted by Gasteiger charge is 2.26. The zero-order valence-corrected chi connectivity index (χ0v) is 15.6. The highest BCUT2D eigenvalue weighted by Crippen LogP contribution is 2.36. The van der Waals surface area contributed by atoms with Crippen molar-refractivity contribution in [3.8, 4) is 0 Å². The summed E-state index contributed by atoms with van der Waals surface area (Å²) in [6.45, 7) is 0. The molecule has 0 bridgehead atoms. The van der Waals surface area contributed by atoms with Gasteiger partial charge in [-0.05, 0) is 47.0 Å². The number of nitro groups is 1. The molecule has 136 valence electrons. The van der Waals surface area contributed by atoms with E-state index in [-0.39, 0.29) is 11.7 Å². The number of halogens is 1. The zero-order valence-electron chi connectivity index (χ0n) is 14.0. The predicted molar refractivity (Wildman–Crippen MR) is 99.0 cm³/mol. The molecule has 3 aromatic rings. The Balaban J connectivity index is 1.86. The molecule has 4 rings (SSSR count). The highest BCUT2D eigenvalue weighted by molar-refractivity contribution is 9.10. The Bertz CT molecular complexity index is 959. The first-order valence-corrected chi connectivity index (χ1v) is 9.44. The van der Waals surface area contributed by atoms with Crippen LogP contribution in [0.25, 0.3) is 10.9 Å². The first-order valence-electron chi connectivity index (χ1n) is 8.64. The summed E-state index contributed by atoms with van der Waals surface area (Å²) in [5.41, 5.74) is 1.17. The van der Waals surface area contributed by atoms with Crippen LogP contribution in [-0.2, 0) is 0 Å². The second-order valence-corrected chi connectivity index (χ2v) is 7.41. The van der Waals surface area contributed by atoms with Crippen molar-refractivity contribution in [1.29, 1.82) is 0 Å². The monoisotopic (exact) mass is 419 g/mol. The van der Waals surface area contributed by atoms with E-state index in [4.69, 9.17) is 4.42 Å². The van der Waals surface area contributed by atoms with E-state index < -0.39 is 11.0 Å². The Morgan fingerprint density at radius 1 is 1.27 bits per heavy atom. The molecule has 0 radical (unpaired) electrons. The number of aromatic nitrogens is 2. The molecule has 0 aliphatic heterocycles. The maximum atomic E-state index is 11.2. The van der Waals surface area contributed by atoms with Crippen LogP contribution >= 0.6 is 15.9 Å². The molecule has 1 fully saturated rings. The van der Waals surface area contributed by atoms with Crippen molar-refractivity contribution >= 4 is 32.5 Å². The van der Waals surface area contributed by atoms with Gasteiger partial charge in [-0.2, -0.15) is 5.10 Å². The van der Waals surface area contributed by atoms with Crippen molar-refractivity contribution < 1.29 is 14.4 Å². The third-order valence-corrected chi connectivity index (χ3v) is 5.40. The standard InChI is InChI=1S/C18H18BrN3O4/c19-16-9-8-15(26-16)18(23)17-13-7-6-12(22(24)25)10-14(13)21(20-17)11-4-2-1-3-5-11/h6-11,18,23H,1-5H2.